The molecule has 238 valence electrons. The van der Waals surface area contributed by atoms with Crippen molar-refractivity contribution in [3.63, 3.8) is 0 Å². The maximum Gasteiger partial charge on any atom is 0.164 e. The fourth-order valence-corrected chi connectivity index (χ4v) is 7.28. The Morgan fingerprint density at radius 2 is 0.902 bits per heavy atom. The topological polar surface area (TPSA) is 51.8 Å². The van der Waals surface area contributed by atoms with Crippen LogP contribution in [-0.4, -0.2) is 15.0 Å². The molecule has 8 aromatic carbocycles. The fourth-order valence-electron chi connectivity index (χ4n) is 7.28. The molecule has 0 N–H and O–H groups in total. The van der Waals surface area contributed by atoms with E-state index in [1.807, 2.05) is 60.7 Å². The van der Waals surface area contributed by atoms with E-state index in [1.54, 1.807) is 0 Å². The van der Waals surface area contributed by atoms with E-state index in [0.717, 1.165) is 49.8 Å². The van der Waals surface area contributed by atoms with Gasteiger partial charge in [0.05, 0.1) is 0 Å². The van der Waals surface area contributed by atoms with Crippen LogP contribution in [0.25, 0.3) is 99.9 Å². The van der Waals surface area contributed by atoms with Crippen LogP contribution in [0.3, 0.4) is 0 Å². The molecule has 0 saturated heterocycles. The summed E-state index contributed by atoms with van der Waals surface area (Å²) in [7, 11) is 0. The maximum atomic E-state index is 6.22. The van der Waals surface area contributed by atoms with Gasteiger partial charge in [-0.2, -0.15) is 0 Å². The van der Waals surface area contributed by atoms with Crippen molar-refractivity contribution < 1.29 is 4.42 Å². The second-order valence-corrected chi connectivity index (χ2v) is 12.8. The van der Waals surface area contributed by atoms with Gasteiger partial charge in [-0.3, -0.25) is 0 Å². The smallest absolute Gasteiger partial charge is 0.164 e. The van der Waals surface area contributed by atoms with E-state index in [4.69, 9.17) is 19.4 Å². The molecule has 2 heterocycles. The maximum absolute atomic E-state index is 6.22. The van der Waals surface area contributed by atoms with E-state index >= 15 is 0 Å². The quantitative estimate of drug-likeness (QED) is 0.174. The van der Waals surface area contributed by atoms with Crippen LogP contribution >= 0.6 is 0 Å². The minimum Gasteiger partial charge on any atom is -0.456 e. The predicted octanol–water partition coefficient (Wildman–Crippen LogP) is 12.4. The van der Waals surface area contributed by atoms with E-state index in [2.05, 4.69) is 115 Å². The van der Waals surface area contributed by atoms with Gasteiger partial charge in [-0.25, -0.2) is 15.0 Å². The van der Waals surface area contributed by atoms with E-state index < -0.39 is 0 Å². The lowest BCUT2D eigenvalue weighted by atomic mass is 9.91. The lowest BCUT2D eigenvalue weighted by Gasteiger charge is -2.13. The van der Waals surface area contributed by atoms with Crippen molar-refractivity contribution in [1.82, 2.24) is 15.0 Å². The van der Waals surface area contributed by atoms with Crippen molar-refractivity contribution in [3.8, 4) is 56.4 Å². The van der Waals surface area contributed by atoms with Crippen molar-refractivity contribution >= 4 is 43.5 Å². The SMILES string of the molecule is c1ccc(-c2nc(-c3cccc(-c4ccc5cc(-c6ccccc6)c6ccccc6c5c4)c3)nc(-c3cccc4oc5ccccc5c34)n2)cc1. The molecule has 0 aliphatic heterocycles. The molecule has 0 aliphatic carbocycles. The second-order valence-electron chi connectivity index (χ2n) is 12.8. The number of para-hydroxylation sites is 1. The van der Waals surface area contributed by atoms with Crippen LogP contribution in [0, 0.1) is 0 Å². The summed E-state index contributed by atoms with van der Waals surface area (Å²) in [5, 5.41) is 6.95. The highest BCUT2D eigenvalue weighted by molar-refractivity contribution is 6.15. The zero-order valence-electron chi connectivity index (χ0n) is 27.5. The molecule has 0 saturated carbocycles. The van der Waals surface area contributed by atoms with Crippen LogP contribution in [0.15, 0.2) is 180 Å². The lowest BCUT2D eigenvalue weighted by Crippen LogP contribution is -2.00. The number of fused-ring (bicyclic) bond motifs is 6. The molecule has 4 heteroatoms. The Kier molecular flexibility index (Phi) is 6.78. The normalized spacial score (nSPS) is 11.5. The van der Waals surface area contributed by atoms with Crippen molar-refractivity contribution in [1.29, 1.82) is 0 Å². The van der Waals surface area contributed by atoms with Gasteiger partial charge in [0.2, 0.25) is 0 Å². The third-order valence-corrected chi connectivity index (χ3v) is 9.71. The zero-order valence-corrected chi connectivity index (χ0v) is 27.5. The first-order valence-corrected chi connectivity index (χ1v) is 17.1. The first kappa shape index (κ1) is 29.0. The van der Waals surface area contributed by atoms with E-state index in [9.17, 15) is 0 Å². The third-order valence-electron chi connectivity index (χ3n) is 9.71. The van der Waals surface area contributed by atoms with Crippen molar-refractivity contribution in [3.05, 3.63) is 176 Å². The molecule has 0 fully saturated rings. The molecule has 0 bridgehead atoms. The first-order valence-electron chi connectivity index (χ1n) is 17.1. The van der Waals surface area contributed by atoms with Gasteiger partial charge in [0.1, 0.15) is 11.2 Å². The van der Waals surface area contributed by atoms with E-state index in [-0.39, 0.29) is 0 Å². The second kappa shape index (κ2) is 11.9. The minimum atomic E-state index is 0.604. The Hall–Kier alpha value is -6.91. The minimum absolute atomic E-state index is 0.604. The van der Waals surface area contributed by atoms with E-state index in [0.29, 0.717) is 17.5 Å². The van der Waals surface area contributed by atoms with Crippen molar-refractivity contribution in [2.75, 3.05) is 0 Å². The Morgan fingerprint density at radius 3 is 1.73 bits per heavy atom. The molecule has 10 rings (SSSR count). The summed E-state index contributed by atoms with van der Waals surface area (Å²) >= 11 is 0. The van der Waals surface area contributed by atoms with Gasteiger partial charge in [-0.15, -0.1) is 0 Å². The summed E-state index contributed by atoms with van der Waals surface area (Å²) < 4.78 is 6.22. The van der Waals surface area contributed by atoms with Gasteiger partial charge in [-0.05, 0) is 74.1 Å². The first-order chi connectivity index (χ1) is 25.3. The van der Waals surface area contributed by atoms with Gasteiger partial charge >= 0.3 is 0 Å². The molecule has 0 spiro atoms. The standard InChI is InChI=1S/C47H29N3O/c1-3-13-30(14-4-1)40-29-34-26-25-33(28-41(34)37-20-8-7-19-36(37)40)32-17-11-18-35(27-32)46-48-45(31-15-5-2-6-16-31)49-47(50-46)39-22-12-24-43-44(39)38-21-9-10-23-42(38)51-43/h1-29H. The molecule has 0 radical (unpaired) electrons. The van der Waals surface area contributed by atoms with Crippen LogP contribution in [0.5, 0.6) is 0 Å². The average molecular weight is 652 g/mol. The predicted molar refractivity (Wildman–Crippen MR) is 209 cm³/mol. The molecule has 0 amide bonds. The number of benzene rings is 8. The summed E-state index contributed by atoms with van der Waals surface area (Å²) in [5.41, 5.74) is 9.09. The molecule has 0 aliphatic rings. The van der Waals surface area contributed by atoms with Gasteiger partial charge in [0.15, 0.2) is 17.5 Å². The molecule has 2 aromatic heterocycles. The molecule has 51 heavy (non-hydrogen) atoms. The Bertz CT molecular complexity index is 2910. The summed E-state index contributed by atoms with van der Waals surface area (Å²) in [6.45, 7) is 0. The third kappa shape index (κ3) is 5.04. The largest absolute Gasteiger partial charge is 0.456 e. The summed E-state index contributed by atoms with van der Waals surface area (Å²) in [6, 6.07) is 61.2. The lowest BCUT2D eigenvalue weighted by molar-refractivity contribution is 0.669. The Balaban J connectivity index is 1.13. The highest BCUT2D eigenvalue weighted by Gasteiger charge is 2.18. The van der Waals surface area contributed by atoms with Crippen LogP contribution in [0.1, 0.15) is 0 Å². The monoisotopic (exact) mass is 651 g/mol. The highest BCUT2D eigenvalue weighted by Crippen LogP contribution is 2.39. The zero-order chi connectivity index (χ0) is 33.7. The number of hydrogen-bond donors (Lipinski definition) is 0. The number of aromatic nitrogens is 3. The number of nitrogens with zero attached hydrogens (tertiary/aromatic N) is 3. The fraction of sp³-hybridized carbons (Fsp3) is 0. The summed E-state index contributed by atoms with van der Waals surface area (Å²) in [4.78, 5) is 15.2. The molecule has 10 aromatic rings. The number of rotatable bonds is 5. The average Bonchev–Trinajstić information content (AvgIpc) is 3.60. The van der Waals surface area contributed by atoms with Crippen molar-refractivity contribution in [2.45, 2.75) is 0 Å². The van der Waals surface area contributed by atoms with Gasteiger partial charge in [0, 0.05) is 27.5 Å². The Morgan fingerprint density at radius 1 is 0.314 bits per heavy atom. The van der Waals surface area contributed by atoms with Crippen molar-refractivity contribution in [2.24, 2.45) is 0 Å². The van der Waals surface area contributed by atoms with Gasteiger partial charge in [-0.1, -0.05) is 146 Å². The molecule has 0 atom stereocenters. The number of furan rings is 1. The van der Waals surface area contributed by atoms with Crippen LogP contribution in [0.4, 0.5) is 0 Å². The van der Waals surface area contributed by atoms with Crippen LogP contribution in [-0.2, 0) is 0 Å². The molecule has 4 nitrogen and oxygen atoms in total. The van der Waals surface area contributed by atoms with Crippen LogP contribution in [0.2, 0.25) is 0 Å². The molecular formula is C47H29N3O. The van der Waals surface area contributed by atoms with Crippen LogP contribution < -0.4 is 0 Å². The van der Waals surface area contributed by atoms with Gasteiger partial charge in [0.25, 0.3) is 0 Å². The summed E-state index contributed by atoms with van der Waals surface area (Å²) in [5.74, 6) is 1.84. The summed E-state index contributed by atoms with van der Waals surface area (Å²) in [6.07, 6.45) is 0. The molecule has 0 unspecified atom stereocenters. The highest BCUT2D eigenvalue weighted by atomic mass is 16.3. The molecular weight excluding hydrogens is 623 g/mol. The van der Waals surface area contributed by atoms with Gasteiger partial charge < -0.3 is 4.42 Å². The van der Waals surface area contributed by atoms with E-state index in [1.165, 1.54) is 32.7 Å². The number of hydrogen-bond acceptors (Lipinski definition) is 4. The Labute approximate surface area is 294 Å².